The van der Waals surface area contributed by atoms with E-state index in [-0.39, 0.29) is 18.9 Å². The Morgan fingerprint density at radius 1 is 1.00 bits per heavy atom. The number of hydrogen-bond donors (Lipinski definition) is 2. The molecule has 0 aliphatic heterocycles. The lowest BCUT2D eigenvalue weighted by Gasteiger charge is -2.12. The lowest BCUT2D eigenvalue weighted by Crippen LogP contribution is -2.31. The second-order valence-electron chi connectivity index (χ2n) is 6.74. The first-order valence-corrected chi connectivity index (χ1v) is 10.6. The van der Waals surface area contributed by atoms with E-state index in [4.69, 9.17) is 0 Å². The number of carbonyl (C=O) groups is 1. The standard InChI is InChI=1S/C20H25F2N3O3S/c1-25(2)16-7-5-15(6-8-16)4-3-12-23-20(26)11-13-24-29(27,28)17-9-10-18(21)19(22)14-17/h5-10,14,24H,3-4,11-13H2,1-2H3,(H,23,26). The number of amides is 1. The molecule has 0 aromatic heterocycles. The maximum atomic E-state index is 13.2. The van der Waals surface area contributed by atoms with Gasteiger partial charge < -0.3 is 10.2 Å². The number of hydrogen-bond acceptors (Lipinski definition) is 4. The van der Waals surface area contributed by atoms with E-state index >= 15 is 0 Å². The molecule has 158 valence electrons. The Morgan fingerprint density at radius 3 is 2.31 bits per heavy atom. The Balaban J connectivity index is 1.68. The molecule has 0 fully saturated rings. The predicted molar refractivity (Wildman–Crippen MR) is 108 cm³/mol. The van der Waals surface area contributed by atoms with Gasteiger partial charge in [-0.15, -0.1) is 0 Å². The fraction of sp³-hybridized carbons (Fsp3) is 0.350. The van der Waals surface area contributed by atoms with Crippen LogP contribution in [-0.2, 0) is 21.2 Å². The summed E-state index contributed by atoms with van der Waals surface area (Å²) in [4.78, 5) is 13.5. The molecular weight excluding hydrogens is 400 g/mol. The van der Waals surface area contributed by atoms with Crippen molar-refractivity contribution in [2.24, 2.45) is 0 Å². The third-order valence-electron chi connectivity index (χ3n) is 4.26. The topological polar surface area (TPSA) is 78.5 Å². The number of carbonyl (C=O) groups excluding carboxylic acids is 1. The molecule has 0 spiro atoms. The molecule has 0 heterocycles. The lowest BCUT2D eigenvalue weighted by molar-refractivity contribution is -0.120. The minimum Gasteiger partial charge on any atom is -0.378 e. The highest BCUT2D eigenvalue weighted by Gasteiger charge is 2.16. The van der Waals surface area contributed by atoms with Gasteiger partial charge in [0.15, 0.2) is 11.6 Å². The zero-order valence-corrected chi connectivity index (χ0v) is 17.2. The molecule has 29 heavy (non-hydrogen) atoms. The Kier molecular flexibility index (Phi) is 8.10. The molecule has 0 aliphatic carbocycles. The van der Waals surface area contributed by atoms with Gasteiger partial charge in [0.25, 0.3) is 0 Å². The van der Waals surface area contributed by atoms with Crippen LogP contribution in [0.4, 0.5) is 14.5 Å². The van der Waals surface area contributed by atoms with Gasteiger partial charge in [-0.05, 0) is 48.7 Å². The highest BCUT2D eigenvalue weighted by molar-refractivity contribution is 7.89. The van der Waals surface area contributed by atoms with Crippen molar-refractivity contribution in [1.82, 2.24) is 10.0 Å². The van der Waals surface area contributed by atoms with Gasteiger partial charge in [-0.2, -0.15) is 0 Å². The summed E-state index contributed by atoms with van der Waals surface area (Å²) in [5.41, 5.74) is 2.29. The first kappa shape index (κ1) is 22.8. The van der Waals surface area contributed by atoms with Crippen LogP contribution in [0.1, 0.15) is 18.4 Å². The van der Waals surface area contributed by atoms with Crippen LogP contribution < -0.4 is 14.9 Å². The van der Waals surface area contributed by atoms with E-state index in [0.717, 1.165) is 30.7 Å². The van der Waals surface area contributed by atoms with Crippen molar-refractivity contribution in [2.75, 3.05) is 32.1 Å². The van der Waals surface area contributed by atoms with Crippen LogP contribution in [0.15, 0.2) is 47.4 Å². The van der Waals surface area contributed by atoms with Crippen molar-refractivity contribution in [3.63, 3.8) is 0 Å². The van der Waals surface area contributed by atoms with E-state index in [1.54, 1.807) is 0 Å². The molecule has 0 saturated heterocycles. The smallest absolute Gasteiger partial charge is 0.240 e. The molecule has 0 bridgehead atoms. The van der Waals surface area contributed by atoms with Gasteiger partial charge in [-0.1, -0.05) is 12.1 Å². The quantitative estimate of drug-likeness (QED) is 0.573. The molecule has 9 heteroatoms. The summed E-state index contributed by atoms with van der Waals surface area (Å²) in [6, 6.07) is 10.5. The summed E-state index contributed by atoms with van der Waals surface area (Å²) in [6.07, 6.45) is 1.52. The third kappa shape index (κ3) is 7.10. The van der Waals surface area contributed by atoms with Crippen molar-refractivity contribution in [3.8, 4) is 0 Å². The number of sulfonamides is 1. The summed E-state index contributed by atoms with van der Waals surface area (Å²) in [5, 5.41) is 2.73. The third-order valence-corrected chi connectivity index (χ3v) is 5.72. The largest absolute Gasteiger partial charge is 0.378 e. The van der Waals surface area contributed by atoms with Gasteiger partial charge in [-0.3, -0.25) is 4.79 Å². The average Bonchev–Trinajstić information content (AvgIpc) is 2.67. The van der Waals surface area contributed by atoms with Crippen molar-refractivity contribution in [2.45, 2.75) is 24.2 Å². The molecule has 2 aromatic carbocycles. The summed E-state index contributed by atoms with van der Waals surface area (Å²) >= 11 is 0. The van der Waals surface area contributed by atoms with E-state index in [0.29, 0.717) is 12.6 Å². The normalized spacial score (nSPS) is 11.3. The molecule has 0 aliphatic rings. The maximum absolute atomic E-state index is 13.2. The number of rotatable bonds is 10. The van der Waals surface area contributed by atoms with Gasteiger partial charge >= 0.3 is 0 Å². The van der Waals surface area contributed by atoms with Gasteiger partial charge in [0, 0.05) is 39.3 Å². The monoisotopic (exact) mass is 425 g/mol. The summed E-state index contributed by atoms with van der Waals surface area (Å²) in [5.74, 6) is -2.67. The fourth-order valence-corrected chi connectivity index (χ4v) is 3.64. The average molecular weight is 426 g/mol. The van der Waals surface area contributed by atoms with Crippen LogP contribution in [0, 0.1) is 11.6 Å². The van der Waals surface area contributed by atoms with E-state index < -0.39 is 26.6 Å². The van der Waals surface area contributed by atoms with E-state index in [1.807, 2.05) is 43.3 Å². The summed E-state index contributed by atoms with van der Waals surface area (Å²) in [6.45, 7) is 0.337. The maximum Gasteiger partial charge on any atom is 0.240 e. The Morgan fingerprint density at radius 2 is 1.69 bits per heavy atom. The Bertz CT molecular complexity index is 932. The number of nitrogens with one attached hydrogen (secondary N) is 2. The van der Waals surface area contributed by atoms with E-state index in [1.165, 1.54) is 5.56 Å². The zero-order chi connectivity index (χ0) is 21.4. The SMILES string of the molecule is CN(C)c1ccc(CCCNC(=O)CCNS(=O)(=O)c2ccc(F)c(F)c2)cc1. The Hall–Kier alpha value is -2.52. The number of benzene rings is 2. The van der Waals surface area contributed by atoms with Crippen LogP contribution in [-0.4, -0.2) is 41.5 Å². The zero-order valence-electron chi connectivity index (χ0n) is 16.4. The highest BCUT2D eigenvalue weighted by atomic mass is 32.2. The second-order valence-corrected chi connectivity index (χ2v) is 8.51. The number of halogens is 2. The number of nitrogens with zero attached hydrogens (tertiary/aromatic N) is 1. The molecule has 0 radical (unpaired) electrons. The molecule has 0 atom stereocenters. The van der Waals surface area contributed by atoms with E-state index in [2.05, 4.69) is 10.0 Å². The number of anilines is 1. The fourth-order valence-electron chi connectivity index (χ4n) is 2.60. The molecule has 0 saturated carbocycles. The molecule has 2 aromatic rings. The van der Waals surface area contributed by atoms with Crippen LogP contribution in [0.5, 0.6) is 0 Å². The van der Waals surface area contributed by atoms with Crippen molar-refractivity contribution in [1.29, 1.82) is 0 Å². The van der Waals surface area contributed by atoms with Crippen molar-refractivity contribution in [3.05, 3.63) is 59.7 Å². The van der Waals surface area contributed by atoms with Gasteiger partial charge in [0.2, 0.25) is 15.9 Å². The van der Waals surface area contributed by atoms with Crippen molar-refractivity contribution < 1.29 is 22.0 Å². The molecule has 6 nitrogen and oxygen atoms in total. The van der Waals surface area contributed by atoms with Crippen LogP contribution >= 0.6 is 0 Å². The van der Waals surface area contributed by atoms with Crippen LogP contribution in [0.2, 0.25) is 0 Å². The summed E-state index contributed by atoms with van der Waals surface area (Å²) < 4.78 is 52.3. The highest BCUT2D eigenvalue weighted by Crippen LogP contribution is 2.14. The summed E-state index contributed by atoms with van der Waals surface area (Å²) in [7, 11) is -0.0567. The van der Waals surface area contributed by atoms with E-state index in [9.17, 15) is 22.0 Å². The van der Waals surface area contributed by atoms with Crippen LogP contribution in [0.25, 0.3) is 0 Å². The molecule has 2 N–H and O–H groups in total. The molecule has 2 rings (SSSR count). The predicted octanol–water partition coefficient (Wildman–Crippen LogP) is 2.45. The Labute approximate surface area is 170 Å². The van der Waals surface area contributed by atoms with Crippen molar-refractivity contribution >= 4 is 21.6 Å². The van der Waals surface area contributed by atoms with Gasteiger partial charge in [-0.25, -0.2) is 21.9 Å². The van der Waals surface area contributed by atoms with Gasteiger partial charge in [0.1, 0.15) is 0 Å². The number of aryl methyl sites for hydroxylation is 1. The second kappa shape index (κ2) is 10.3. The first-order valence-electron chi connectivity index (χ1n) is 9.17. The minimum atomic E-state index is -4.01. The minimum absolute atomic E-state index is 0.0551. The van der Waals surface area contributed by atoms with Crippen LogP contribution in [0.3, 0.4) is 0 Å². The molecule has 0 unspecified atom stereocenters. The van der Waals surface area contributed by atoms with Gasteiger partial charge in [0.05, 0.1) is 4.90 Å². The molecular formula is C20H25F2N3O3S. The first-order chi connectivity index (χ1) is 13.7. The molecule has 1 amide bonds. The lowest BCUT2D eigenvalue weighted by atomic mass is 10.1.